The zero-order valence-electron chi connectivity index (χ0n) is 11.0. The van der Waals surface area contributed by atoms with Gasteiger partial charge in [-0.05, 0) is 30.9 Å². The van der Waals surface area contributed by atoms with Gasteiger partial charge in [-0.3, -0.25) is 0 Å². The van der Waals surface area contributed by atoms with Crippen LogP contribution in [0.2, 0.25) is 0 Å². The summed E-state index contributed by atoms with van der Waals surface area (Å²) in [5.41, 5.74) is 2.74. The van der Waals surface area contributed by atoms with Gasteiger partial charge in [0, 0.05) is 11.6 Å². The molecule has 1 heterocycles. The summed E-state index contributed by atoms with van der Waals surface area (Å²) in [4.78, 5) is 4.25. The highest BCUT2D eigenvalue weighted by Gasteiger charge is 2.06. The topological polar surface area (TPSA) is 24.9 Å². The van der Waals surface area contributed by atoms with Crippen LogP contribution in [0.1, 0.15) is 43.9 Å². The Kier molecular flexibility index (Phi) is 4.76. The number of hydrogen-bond donors (Lipinski definition) is 1. The Morgan fingerprint density at radius 1 is 1.28 bits per heavy atom. The Balaban J connectivity index is 1.96. The second-order valence-electron chi connectivity index (χ2n) is 4.55. The Labute approximate surface area is 113 Å². The molecule has 2 rings (SSSR count). The van der Waals surface area contributed by atoms with Crippen molar-refractivity contribution in [1.82, 2.24) is 4.98 Å². The smallest absolute Gasteiger partial charge is 0.183 e. The molecule has 1 unspecified atom stereocenters. The van der Waals surface area contributed by atoms with E-state index in [1.165, 1.54) is 30.4 Å². The van der Waals surface area contributed by atoms with Gasteiger partial charge in [-0.1, -0.05) is 37.6 Å². The van der Waals surface area contributed by atoms with Crippen LogP contribution in [0.5, 0.6) is 0 Å². The molecule has 0 aliphatic heterocycles. The third-order valence-electron chi connectivity index (χ3n) is 3.07. The average Bonchev–Trinajstić information content (AvgIpc) is 2.89. The van der Waals surface area contributed by atoms with Crippen LogP contribution in [0.25, 0.3) is 0 Å². The van der Waals surface area contributed by atoms with Gasteiger partial charge >= 0.3 is 0 Å². The minimum atomic E-state index is 0.302. The molecular weight excluding hydrogens is 240 g/mol. The number of aryl methyl sites for hydroxylation is 1. The molecule has 1 N–H and O–H groups in total. The van der Waals surface area contributed by atoms with Gasteiger partial charge < -0.3 is 5.32 Å². The maximum absolute atomic E-state index is 4.25. The molecule has 0 bridgehead atoms. The summed E-state index contributed by atoms with van der Waals surface area (Å²) in [6.07, 6.45) is 5.54. The van der Waals surface area contributed by atoms with Crippen molar-refractivity contribution in [1.29, 1.82) is 0 Å². The second kappa shape index (κ2) is 6.55. The van der Waals surface area contributed by atoms with Crippen LogP contribution in [0.4, 0.5) is 5.13 Å². The lowest BCUT2D eigenvalue weighted by Gasteiger charge is -2.13. The fraction of sp³-hybridized carbons (Fsp3) is 0.400. The summed E-state index contributed by atoms with van der Waals surface area (Å²) in [6.45, 7) is 4.40. The van der Waals surface area contributed by atoms with E-state index in [-0.39, 0.29) is 0 Å². The molecule has 0 saturated carbocycles. The Hall–Kier alpha value is -1.35. The lowest BCUT2D eigenvalue weighted by molar-refractivity contribution is 0.793. The average molecular weight is 260 g/mol. The number of anilines is 1. The molecule has 0 saturated heterocycles. The molecule has 2 nitrogen and oxygen atoms in total. The van der Waals surface area contributed by atoms with Gasteiger partial charge in [0.2, 0.25) is 0 Å². The van der Waals surface area contributed by atoms with Crippen molar-refractivity contribution in [2.24, 2.45) is 0 Å². The van der Waals surface area contributed by atoms with Crippen molar-refractivity contribution in [3.63, 3.8) is 0 Å². The molecule has 1 aromatic heterocycles. The van der Waals surface area contributed by atoms with E-state index in [1.54, 1.807) is 11.3 Å². The molecule has 0 fully saturated rings. The van der Waals surface area contributed by atoms with E-state index in [0.717, 1.165) is 5.13 Å². The van der Waals surface area contributed by atoms with Crippen molar-refractivity contribution in [3.8, 4) is 0 Å². The number of rotatable bonds is 6. The fourth-order valence-electron chi connectivity index (χ4n) is 1.92. The maximum atomic E-state index is 4.25. The lowest BCUT2D eigenvalue weighted by atomic mass is 10.0. The van der Waals surface area contributed by atoms with E-state index in [1.807, 2.05) is 11.6 Å². The quantitative estimate of drug-likeness (QED) is 0.817. The third-order valence-corrected chi connectivity index (χ3v) is 3.78. The monoisotopic (exact) mass is 260 g/mol. The molecule has 1 atom stereocenters. The Morgan fingerprint density at radius 2 is 2.06 bits per heavy atom. The van der Waals surface area contributed by atoms with Crippen LogP contribution < -0.4 is 5.32 Å². The highest BCUT2D eigenvalue weighted by Crippen LogP contribution is 2.21. The van der Waals surface area contributed by atoms with Crippen molar-refractivity contribution in [3.05, 3.63) is 47.0 Å². The molecular formula is C15H20N2S. The highest BCUT2D eigenvalue weighted by molar-refractivity contribution is 7.13. The number of hydrogen-bond acceptors (Lipinski definition) is 3. The standard InChI is InChI=1S/C15H20N2S/c1-3-4-5-13-6-8-14(9-7-13)12(2)17-15-16-10-11-18-15/h6-12H,3-5H2,1-2H3,(H,16,17). The van der Waals surface area contributed by atoms with Crippen LogP contribution in [-0.2, 0) is 6.42 Å². The number of aromatic nitrogens is 1. The molecule has 2 aromatic rings. The summed E-state index contributed by atoms with van der Waals surface area (Å²) < 4.78 is 0. The number of thiazole rings is 1. The molecule has 0 aliphatic carbocycles. The summed E-state index contributed by atoms with van der Waals surface area (Å²) >= 11 is 1.64. The molecule has 18 heavy (non-hydrogen) atoms. The van der Waals surface area contributed by atoms with E-state index in [0.29, 0.717) is 6.04 Å². The summed E-state index contributed by atoms with van der Waals surface area (Å²) in [5.74, 6) is 0. The Bertz CT molecular complexity index is 448. The number of benzene rings is 1. The van der Waals surface area contributed by atoms with E-state index in [2.05, 4.69) is 48.4 Å². The van der Waals surface area contributed by atoms with Crippen LogP contribution in [0.3, 0.4) is 0 Å². The number of unbranched alkanes of at least 4 members (excludes halogenated alkanes) is 1. The largest absolute Gasteiger partial charge is 0.355 e. The van der Waals surface area contributed by atoms with Crippen molar-refractivity contribution in [2.75, 3.05) is 5.32 Å². The first-order valence-corrected chi connectivity index (χ1v) is 7.42. The minimum Gasteiger partial charge on any atom is -0.355 e. The number of nitrogens with zero attached hydrogens (tertiary/aromatic N) is 1. The SMILES string of the molecule is CCCCc1ccc(C(C)Nc2nccs2)cc1. The van der Waals surface area contributed by atoms with E-state index >= 15 is 0 Å². The third kappa shape index (κ3) is 3.57. The molecule has 3 heteroatoms. The second-order valence-corrected chi connectivity index (χ2v) is 5.44. The van der Waals surface area contributed by atoms with Gasteiger partial charge in [-0.2, -0.15) is 0 Å². The molecule has 1 aromatic carbocycles. The van der Waals surface area contributed by atoms with E-state index in [4.69, 9.17) is 0 Å². The molecule has 0 aliphatic rings. The maximum Gasteiger partial charge on any atom is 0.183 e. The lowest BCUT2D eigenvalue weighted by Crippen LogP contribution is -2.06. The Morgan fingerprint density at radius 3 is 2.67 bits per heavy atom. The predicted molar refractivity (Wildman–Crippen MR) is 79.2 cm³/mol. The minimum absolute atomic E-state index is 0.302. The summed E-state index contributed by atoms with van der Waals surface area (Å²) in [6, 6.07) is 9.22. The summed E-state index contributed by atoms with van der Waals surface area (Å²) in [5, 5.41) is 6.38. The zero-order chi connectivity index (χ0) is 12.8. The molecule has 0 radical (unpaired) electrons. The first kappa shape index (κ1) is 13.1. The highest BCUT2D eigenvalue weighted by atomic mass is 32.1. The van der Waals surface area contributed by atoms with Crippen LogP contribution in [-0.4, -0.2) is 4.98 Å². The molecule has 0 spiro atoms. The van der Waals surface area contributed by atoms with E-state index < -0.39 is 0 Å². The van der Waals surface area contributed by atoms with Gasteiger partial charge in [0.15, 0.2) is 5.13 Å². The number of nitrogens with one attached hydrogen (secondary N) is 1. The first-order chi connectivity index (χ1) is 8.79. The molecule has 96 valence electrons. The van der Waals surface area contributed by atoms with Crippen LogP contribution in [0.15, 0.2) is 35.8 Å². The van der Waals surface area contributed by atoms with Gasteiger partial charge in [0.1, 0.15) is 0 Å². The van der Waals surface area contributed by atoms with Crippen molar-refractivity contribution in [2.45, 2.75) is 39.2 Å². The van der Waals surface area contributed by atoms with Crippen molar-refractivity contribution >= 4 is 16.5 Å². The zero-order valence-corrected chi connectivity index (χ0v) is 11.8. The van der Waals surface area contributed by atoms with Gasteiger partial charge in [-0.25, -0.2) is 4.98 Å². The molecule has 0 amide bonds. The van der Waals surface area contributed by atoms with E-state index in [9.17, 15) is 0 Å². The van der Waals surface area contributed by atoms with Gasteiger partial charge in [0.05, 0.1) is 6.04 Å². The van der Waals surface area contributed by atoms with Crippen molar-refractivity contribution < 1.29 is 0 Å². The predicted octanol–water partition coefficient (Wildman–Crippen LogP) is 4.66. The van der Waals surface area contributed by atoms with Crippen LogP contribution >= 0.6 is 11.3 Å². The van der Waals surface area contributed by atoms with Crippen LogP contribution in [0, 0.1) is 0 Å². The summed E-state index contributed by atoms with van der Waals surface area (Å²) in [7, 11) is 0. The normalized spacial score (nSPS) is 12.3. The van der Waals surface area contributed by atoms with Gasteiger partial charge in [-0.15, -0.1) is 11.3 Å². The first-order valence-electron chi connectivity index (χ1n) is 6.54. The fourth-order valence-corrected chi connectivity index (χ4v) is 2.53. The van der Waals surface area contributed by atoms with Gasteiger partial charge in [0.25, 0.3) is 0 Å².